The molecule has 2 heterocycles. The van der Waals surface area contributed by atoms with Crippen molar-refractivity contribution in [3.05, 3.63) is 0 Å². The van der Waals surface area contributed by atoms with Crippen LogP contribution in [0.1, 0.15) is 64.7 Å². The van der Waals surface area contributed by atoms with Crippen LogP contribution in [0, 0.1) is 17.3 Å². The number of nitrogens with one attached hydrogen (secondary N) is 1. The van der Waals surface area contributed by atoms with Gasteiger partial charge in [-0.05, 0) is 88.6 Å². The van der Waals surface area contributed by atoms with Crippen LogP contribution in [0.5, 0.6) is 0 Å². The molecule has 3 fully saturated rings. The molecule has 0 aromatic heterocycles. The van der Waals surface area contributed by atoms with E-state index in [9.17, 15) is 4.79 Å². The van der Waals surface area contributed by atoms with Crippen molar-refractivity contribution >= 4 is 22.7 Å². The fourth-order valence-corrected chi connectivity index (χ4v) is 6.76. The highest BCUT2D eigenvalue weighted by molar-refractivity contribution is 8.16. The zero-order valence-corrected chi connectivity index (χ0v) is 14.5. The lowest BCUT2D eigenvalue weighted by Crippen LogP contribution is -2.35. The van der Waals surface area contributed by atoms with Gasteiger partial charge in [-0.2, -0.15) is 0 Å². The summed E-state index contributed by atoms with van der Waals surface area (Å²) in [4.78, 5) is 17.0. The van der Waals surface area contributed by atoms with E-state index in [1.165, 1.54) is 44.9 Å². The van der Waals surface area contributed by atoms with Crippen LogP contribution in [-0.4, -0.2) is 28.8 Å². The highest BCUT2D eigenvalue weighted by Gasteiger charge is 2.49. The van der Waals surface area contributed by atoms with Crippen LogP contribution in [0.15, 0.2) is 4.99 Å². The summed E-state index contributed by atoms with van der Waals surface area (Å²) >= 11 is 1.81. The Balaban J connectivity index is 1.39. The molecule has 1 unspecified atom stereocenters. The molecule has 4 rings (SSSR count). The predicted molar refractivity (Wildman–Crippen MR) is 92.3 cm³/mol. The first-order valence-corrected chi connectivity index (χ1v) is 9.90. The minimum atomic E-state index is -0.273. The summed E-state index contributed by atoms with van der Waals surface area (Å²) < 4.78 is -0.273. The third kappa shape index (κ3) is 2.77. The molecule has 4 heteroatoms. The highest BCUT2D eigenvalue weighted by atomic mass is 32.2. The number of carbonyl (C=O) groups is 1. The zero-order chi connectivity index (χ0) is 15.2. The molecule has 0 radical (unpaired) electrons. The van der Waals surface area contributed by atoms with Crippen LogP contribution < -0.4 is 5.32 Å². The first-order valence-electron chi connectivity index (χ1n) is 9.09. The summed E-state index contributed by atoms with van der Waals surface area (Å²) in [5.41, 5.74) is 0.511. The first-order chi connectivity index (χ1) is 10.6. The Morgan fingerprint density at radius 1 is 1.23 bits per heavy atom. The lowest BCUT2D eigenvalue weighted by atomic mass is 9.81. The Morgan fingerprint density at radius 2 is 1.95 bits per heavy atom. The SMILES string of the molecule is CC1(CC2CCNCC2)SC(CC23CCC(CC2)C3)=NC1=O. The minimum Gasteiger partial charge on any atom is -0.317 e. The molecule has 4 aliphatic rings. The van der Waals surface area contributed by atoms with Crippen molar-refractivity contribution in [2.24, 2.45) is 22.2 Å². The Kier molecular flexibility index (Phi) is 3.88. The Hall–Kier alpha value is -0.350. The van der Waals surface area contributed by atoms with Crippen LogP contribution in [-0.2, 0) is 4.79 Å². The van der Waals surface area contributed by atoms with E-state index >= 15 is 0 Å². The molecule has 122 valence electrons. The summed E-state index contributed by atoms with van der Waals surface area (Å²) in [6.45, 7) is 4.36. The summed E-state index contributed by atoms with van der Waals surface area (Å²) in [7, 11) is 0. The van der Waals surface area contributed by atoms with E-state index in [2.05, 4.69) is 17.2 Å². The number of rotatable bonds is 4. The lowest BCUT2D eigenvalue weighted by molar-refractivity contribution is -0.119. The van der Waals surface area contributed by atoms with E-state index in [0.717, 1.165) is 36.9 Å². The molecule has 1 N–H and O–H groups in total. The van der Waals surface area contributed by atoms with Crippen LogP contribution in [0.25, 0.3) is 0 Å². The number of carbonyl (C=O) groups excluding carboxylic acids is 1. The second-order valence-electron chi connectivity index (χ2n) is 8.37. The molecule has 0 spiro atoms. The van der Waals surface area contributed by atoms with E-state index in [0.29, 0.717) is 11.3 Å². The fraction of sp³-hybridized carbons (Fsp3) is 0.889. The minimum absolute atomic E-state index is 0.148. The molecule has 2 saturated carbocycles. The monoisotopic (exact) mass is 320 g/mol. The van der Waals surface area contributed by atoms with Gasteiger partial charge in [-0.1, -0.05) is 11.8 Å². The van der Waals surface area contributed by atoms with Crippen molar-refractivity contribution in [2.75, 3.05) is 13.1 Å². The number of hydrogen-bond donors (Lipinski definition) is 1. The van der Waals surface area contributed by atoms with Crippen molar-refractivity contribution in [2.45, 2.75) is 69.5 Å². The summed E-state index contributed by atoms with van der Waals surface area (Å²) in [5, 5.41) is 4.57. The highest BCUT2D eigenvalue weighted by Crippen LogP contribution is 2.57. The van der Waals surface area contributed by atoms with Gasteiger partial charge in [0.05, 0.1) is 5.04 Å². The van der Waals surface area contributed by atoms with E-state index < -0.39 is 0 Å². The molecule has 1 saturated heterocycles. The number of hydrogen-bond acceptors (Lipinski definition) is 3. The smallest absolute Gasteiger partial charge is 0.262 e. The molecule has 0 aromatic rings. The van der Waals surface area contributed by atoms with Crippen molar-refractivity contribution in [3.8, 4) is 0 Å². The third-order valence-electron chi connectivity index (χ3n) is 6.57. The Bertz CT molecular complexity index is 489. The third-order valence-corrected chi connectivity index (χ3v) is 7.84. The Morgan fingerprint density at radius 3 is 2.59 bits per heavy atom. The quantitative estimate of drug-likeness (QED) is 0.857. The topological polar surface area (TPSA) is 41.5 Å². The van der Waals surface area contributed by atoms with E-state index in [4.69, 9.17) is 0 Å². The molecule has 0 aromatic carbocycles. The van der Waals surface area contributed by atoms with Crippen molar-refractivity contribution in [1.29, 1.82) is 0 Å². The second-order valence-corrected chi connectivity index (χ2v) is 9.94. The van der Waals surface area contributed by atoms with Gasteiger partial charge in [0.1, 0.15) is 4.75 Å². The maximum atomic E-state index is 12.5. The number of thioether (sulfide) groups is 1. The van der Waals surface area contributed by atoms with Crippen LogP contribution in [0.4, 0.5) is 0 Å². The normalized spacial score (nSPS) is 42.1. The summed E-state index contributed by atoms with van der Waals surface area (Å²) in [5.74, 6) is 1.82. The van der Waals surface area contributed by atoms with Crippen LogP contribution in [0.2, 0.25) is 0 Å². The number of piperidine rings is 1. The van der Waals surface area contributed by atoms with E-state index in [-0.39, 0.29) is 10.7 Å². The van der Waals surface area contributed by atoms with Gasteiger partial charge in [0.25, 0.3) is 5.91 Å². The van der Waals surface area contributed by atoms with E-state index in [1.54, 1.807) is 0 Å². The zero-order valence-electron chi connectivity index (χ0n) is 13.7. The average Bonchev–Trinajstić information content (AvgIpc) is 3.14. The number of nitrogens with zero attached hydrogens (tertiary/aromatic N) is 1. The molecule has 3 nitrogen and oxygen atoms in total. The lowest BCUT2D eigenvalue weighted by Gasteiger charge is -2.30. The predicted octanol–water partition coefficient (Wildman–Crippen LogP) is 3.78. The maximum Gasteiger partial charge on any atom is 0.262 e. The van der Waals surface area contributed by atoms with Crippen LogP contribution in [0.3, 0.4) is 0 Å². The van der Waals surface area contributed by atoms with Crippen molar-refractivity contribution in [3.63, 3.8) is 0 Å². The van der Waals surface area contributed by atoms with Crippen LogP contribution >= 0.6 is 11.8 Å². The largest absolute Gasteiger partial charge is 0.317 e. The maximum absolute atomic E-state index is 12.5. The van der Waals surface area contributed by atoms with Gasteiger partial charge in [-0.15, -0.1) is 0 Å². The number of aliphatic imine (C=N–C) groups is 1. The first kappa shape index (κ1) is 15.2. The second kappa shape index (κ2) is 5.62. The molecular formula is C18H28N2OS. The summed E-state index contributed by atoms with van der Waals surface area (Å²) in [6.07, 6.45) is 11.5. The van der Waals surface area contributed by atoms with Gasteiger partial charge in [-0.3, -0.25) is 4.79 Å². The van der Waals surface area contributed by atoms with Crippen molar-refractivity contribution < 1.29 is 4.79 Å². The molecule has 2 bridgehead atoms. The Labute approximate surface area is 138 Å². The van der Waals surface area contributed by atoms with Gasteiger partial charge in [-0.25, -0.2) is 4.99 Å². The van der Waals surface area contributed by atoms with Gasteiger partial charge < -0.3 is 5.32 Å². The molecular weight excluding hydrogens is 292 g/mol. The summed E-state index contributed by atoms with van der Waals surface area (Å²) in [6, 6.07) is 0. The number of fused-ring (bicyclic) bond motifs is 2. The molecule has 1 atom stereocenters. The molecule has 2 aliphatic heterocycles. The average molecular weight is 321 g/mol. The van der Waals surface area contributed by atoms with E-state index in [1.807, 2.05) is 11.8 Å². The molecule has 2 aliphatic carbocycles. The molecule has 22 heavy (non-hydrogen) atoms. The van der Waals surface area contributed by atoms with Crippen molar-refractivity contribution in [1.82, 2.24) is 5.32 Å². The van der Waals surface area contributed by atoms with Gasteiger partial charge in [0.15, 0.2) is 0 Å². The van der Waals surface area contributed by atoms with Gasteiger partial charge >= 0.3 is 0 Å². The standard InChI is InChI=1S/C18H28N2OS/c1-17(10-14-4-8-19-9-5-14)16(21)20-15(22-17)12-18-6-2-13(11-18)3-7-18/h13-14,19H,2-12H2,1H3. The number of amides is 1. The van der Waals surface area contributed by atoms with Gasteiger partial charge in [0.2, 0.25) is 0 Å². The fourth-order valence-electron chi connectivity index (χ4n) is 5.28. The molecule has 1 amide bonds. The van der Waals surface area contributed by atoms with Gasteiger partial charge in [0, 0.05) is 6.42 Å².